The van der Waals surface area contributed by atoms with E-state index >= 15 is 0 Å². The van der Waals surface area contributed by atoms with Crippen molar-refractivity contribution in [2.24, 2.45) is 5.92 Å². The SMILES string of the molecule is Cc1cccc(C(=O)NCc2ccc(NC(=O)C(C)C)cc2)c1. The Balaban J connectivity index is 1.91. The lowest BCUT2D eigenvalue weighted by Gasteiger charge is -2.09. The molecule has 0 saturated carbocycles. The van der Waals surface area contributed by atoms with Crippen molar-refractivity contribution >= 4 is 17.5 Å². The number of anilines is 1. The van der Waals surface area contributed by atoms with E-state index in [1.807, 2.05) is 63.2 Å². The fourth-order valence-electron chi connectivity index (χ4n) is 2.06. The molecular formula is C19H22N2O2. The zero-order valence-corrected chi connectivity index (χ0v) is 13.7. The number of hydrogen-bond acceptors (Lipinski definition) is 2. The largest absolute Gasteiger partial charge is 0.348 e. The summed E-state index contributed by atoms with van der Waals surface area (Å²) in [7, 11) is 0. The number of aryl methyl sites for hydroxylation is 1. The Kier molecular flexibility index (Phi) is 5.52. The van der Waals surface area contributed by atoms with Gasteiger partial charge in [-0.25, -0.2) is 0 Å². The summed E-state index contributed by atoms with van der Waals surface area (Å²) in [6.45, 7) is 6.11. The molecule has 2 N–H and O–H groups in total. The number of amides is 2. The van der Waals surface area contributed by atoms with Crippen molar-refractivity contribution < 1.29 is 9.59 Å². The lowest BCUT2D eigenvalue weighted by molar-refractivity contribution is -0.118. The van der Waals surface area contributed by atoms with Crippen LogP contribution < -0.4 is 10.6 Å². The smallest absolute Gasteiger partial charge is 0.251 e. The first kappa shape index (κ1) is 16.7. The molecule has 2 amide bonds. The Labute approximate surface area is 136 Å². The summed E-state index contributed by atoms with van der Waals surface area (Å²) >= 11 is 0. The molecule has 120 valence electrons. The molecular weight excluding hydrogens is 288 g/mol. The van der Waals surface area contributed by atoms with Crippen LogP contribution in [0.3, 0.4) is 0 Å². The molecule has 2 rings (SSSR count). The molecule has 0 unspecified atom stereocenters. The highest BCUT2D eigenvalue weighted by atomic mass is 16.2. The number of rotatable bonds is 5. The van der Waals surface area contributed by atoms with Crippen molar-refractivity contribution in [1.82, 2.24) is 5.32 Å². The Bertz CT molecular complexity index is 691. The Morgan fingerprint density at radius 2 is 1.74 bits per heavy atom. The van der Waals surface area contributed by atoms with E-state index in [9.17, 15) is 9.59 Å². The van der Waals surface area contributed by atoms with E-state index in [0.717, 1.165) is 16.8 Å². The van der Waals surface area contributed by atoms with E-state index < -0.39 is 0 Å². The lowest BCUT2D eigenvalue weighted by Crippen LogP contribution is -2.22. The van der Waals surface area contributed by atoms with Gasteiger partial charge < -0.3 is 10.6 Å². The van der Waals surface area contributed by atoms with Crippen LogP contribution in [0.5, 0.6) is 0 Å². The van der Waals surface area contributed by atoms with Crippen LogP contribution in [0.4, 0.5) is 5.69 Å². The topological polar surface area (TPSA) is 58.2 Å². The molecule has 4 nitrogen and oxygen atoms in total. The van der Waals surface area contributed by atoms with Gasteiger partial charge >= 0.3 is 0 Å². The van der Waals surface area contributed by atoms with Gasteiger partial charge in [0.1, 0.15) is 0 Å². The maximum atomic E-state index is 12.1. The molecule has 0 aliphatic rings. The summed E-state index contributed by atoms with van der Waals surface area (Å²) in [6, 6.07) is 15.0. The molecule has 0 aliphatic heterocycles. The number of hydrogen-bond donors (Lipinski definition) is 2. The van der Waals surface area contributed by atoms with Crippen molar-refractivity contribution in [3.63, 3.8) is 0 Å². The summed E-state index contributed by atoms with van der Waals surface area (Å²) in [5.74, 6) is -0.153. The monoisotopic (exact) mass is 310 g/mol. The van der Waals surface area contributed by atoms with Crippen LogP contribution in [-0.4, -0.2) is 11.8 Å². The quantitative estimate of drug-likeness (QED) is 0.887. The molecule has 0 aliphatic carbocycles. The molecule has 0 atom stereocenters. The zero-order valence-electron chi connectivity index (χ0n) is 13.7. The summed E-state index contributed by atoms with van der Waals surface area (Å²) in [5.41, 5.74) is 3.46. The number of nitrogens with one attached hydrogen (secondary N) is 2. The van der Waals surface area contributed by atoms with E-state index in [1.54, 1.807) is 6.07 Å². The Morgan fingerprint density at radius 1 is 1.04 bits per heavy atom. The van der Waals surface area contributed by atoms with Crippen LogP contribution in [0, 0.1) is 12.8 Å². The minimum Gasteiger partial charge on any atom is -0.348 e. The van der Waals surface area contributed by atoms with E-state index in [4.69, 9.17) is 0 Å². The summed E-state index contributed by atoms with van der Waals surface area (Å²) in [5, 5.41) is 5.73. The van der Waals surface area contributed by atoms with Crippen LogP contribution in [0.2, 0.25) is 0 Å². The minimum absolute atomic E-state index is 0.00880. The van der Waals surface area contributed by atoms with Crippen molar-refractivity contribution in [2.45, 2.75) is 27.3 Å². The Morgan fingerprint density at radius 3 is 2.35 bits per heavy atom. The maximum Gasteiger partial charge on any atom is 0.251 e. The zero-order chi connectivity index (χ0) is 16.8. The van der Waals surface area contributed by atoms with Gasteiger partial charge in [-0.1, -0.05) is 43.7 Å². The van der Waals surface area contributed by atoms with Gasteiger partial charge in [0, 0.05) is 23.7 Å². The van der Waals surface area contributed by atoms with Crippen molar-refractivity contribution in [2.75, 3.05) is 5.32 Å². The molecule has 0 bridgehead atoms. The second-order valence-corrected chi connectivity index (χ2v) is 5.89. The third-order valence-corrected chi connectivity index (χ3v) is 3.48. The molecule has 0 saturated heterocycles. The fourth-order valence-corrected chi connectivity index (χ4v) is 2.06. The first-order chi connectivity index (χ1) is 11.0. The average Bonchev–Trinajstić information content (AvgIpc) is 2.53. The molecule has 4 heteroatoms. The van der Waals surface area contributed by atoms with E-state index in [0.29, 0.717) is 12.1 Å². The number of carbonyl (C=O) groups excluding carboxylic acids is 2. The van der Waals surface area contributed by atoms with Gasteiger partial charge in [-0.15, -0.1) is 0 Å². The number of carbonyl (C=O) groups is 2. The standard InChI is InChI=1S/C19H22N2O2/c1-13(2)18(22)21-17-9-7-15(8-10-17)12-20-19(23)16-6-4-5-14(3)11-16/h4-11,13H,12H2,1-3H3,(H,20,23)(H,21,22). The van der Waals surface area contributed by atoms with Crippen molar-refractivity contribution in [1.29, 1.82) is 0 Å². The molecule has 0 fully saturated rings. The van der Waals surface area contributed by atoms with Crippen LogP contribution >= 0.6 is 0 Å². The molecule has 0 heterocycles. The van der Waals surface area contributed by atoms with Gasteiger partial charge in [0.05, 0.1) is 0 Å². The van der Waals surface area contributed by atoms with E-state index in [1.165, 1.54) is 0 Å². The summed E-state index contributed by atoms with van der Waals surface area (Å²) in [6.07, 6.45) is 0. The average molecular weight is 310 g/mol. The van der Waals surface area contributed by atoms with Crippen LogP contribution in [0.15, 0.2) is 48.5 Å². The molecule has 0 radical (unpaired) electrons. The predicted molar refractivity (Wildman–Crippen MR) is 92.3 cm³/mol. The normalized spacial score (nSPS) is 10.4. The van der Waals surface area contributed by atoms with Gasteiger partial charge in [-0.05, 0) is 36.8 Å². The van der Waals surface area contributed by atoms with Gasteiger partial charge in [0.2, 0.25) is 5.91 Å². The highest BCUT2D eigenvalue weighted by molar-refractivity contribution is 5.94. The molecule has 0 spiro atoms. The van der Waals surface area contributed by atoms with Gasteiger partial charge in [0.15, 0.2) is 0 Å². The van der Waals surface area contributed by atoms with Crippen LogP contribution in [-0.2, 0) is 11.3 Å². The van der Waals surface area contributed by atoms with Gasteiger partial charge in [-0.2, -0.15) is 0 Å². The van der Waals surface area contributed by atoms with E-state index in [2.05, 4.69) is 10.6 Å². The van der Waals surface area contributed by atoms with E-state index in [-0.39, 0.29) is 17.7 Å². The van der Waals surface area contributed by atoms with Gasteiger partial charge in [-0.3, -0.25) is 9.59 Å². The van der Waals surface area contributed by atoms with Gasteiger partial charge in [0.25, 0.3) is 5.91 Å². The minimum atomic E-state index is -0.0918. The highest BCUT2D eigenvalue weighted by Gasteiger charge is 2.07. The first-order valence-electron chi connectivity index (χ1n) is 7.70. The third-order valence-electron chi connectivity index (χ3n) is 3.48. The predicted octanol–water partition coefficient (Wildman–Crippen LogP) is 3.52. The Hall–Kier alpha value is -2.62. The molecule has 23 heavy (non-hydrogen) atoms. The second kappa shape index (κ2) is 7.58. The molecule has 2 aromatic carbocycles. The van der Waals surface area contributed by atoms with Crippen LogP contribution in [0.1, 0.15) is 35.3 Å². The first-order valence-corrected chi connectivity index (χ1v) is 7.70. The maximum absolute atomic E-state index is 12.1. The summed E-state index contributed by atoms with van der Waals surface area (Å²) < 4.78 is 0. The summed E-state index contributed by atoms with van der Waals surface area (Å²) in [4.78, 5) is 23.7. The number of benzene rings is 2. The van der Waals surface area contributed by atoms with Crippen molar-refractivity contribution in [3.8, 4) is 0 Å². The molecule has 0 aromatic heterocycles. The fraction of sp³-hybridized carbons (Fsp3) is 0.263. The van der Waals surface area contributed by atoms with Crippen LogP contribution in [0.25, 0.3) is 0 Å². The third kappa shape index (κ3) is 4.95. The second-order valence-electron chi connectivity index (χ2n) is 5.89. The highest BCUT2D eigenvalue weighted by Crippen LogP contribution is 2.11. The van der Waals surface area contributed by atoms with Crippen molar-refractivity contribution in [3.05, 3.63) is 65.2 Å². The molecule has 2 aromatic rings. The lowest BCUT2D eigenvalue weighted by atomic mass is 10.1.